The van der Waals surface area contributed by atoms with Gasteiger partial charge in [0, 0.05) is 25.2 Å². The first-order chi connectivity index (χ1) is 6.65. The van der Waals surface area contributed by atoms with Gasteiger partial charge in [0.05, 0.1) is 11.1 Å². The third-order valence-corrected chi connectivity index (χ3v) is 1.66. The maximum Gasteiger partial charge on any atom is 0.332 e. The molecule has 0 aliphatic rings. The summed E-state index contributed by atoms with van der Waals surface area (Å²) in [6.45, 7) is 0.338. The summed E-state index contributed by atoms with van der Waals surface area (Å²) in [5, 5.41) is 10.4. The first-order valence-electron chi connectivity index (χ1n) is 3.93. The Balaban J connectivity index is 3.00. The molecule has 6 nitrogen and oxygen atoms in total. The second kappa shape index (κ2) is 4.31. The molecule has 0 spiro atoms. The fraction of sp³-hybridized carbons (Fsp3) is 0.250. The molecule has 0 unspecified atom stereocenters. The molecule has 0 radical (unpaired) electrons. The highest BCUT2D eigenvalue weighted by molar-refractivity contribution is 5.49. The summed E-state index contributed by atoms with van der Waals surface area (Å²) in [6.07, 6.45) is 3.52. The van der Waals surface area contributed by atoms with Gasteiger partial charge in [0.15, 0.2) is 0 Å². The number of nitro groups is 1. The van der Waals surface area contributed by atoms with Crippen LogP contribution in [0, 0.1) is 10.1 Å². The van der Waals surface area contributed by atoms with Crippen LogP contribution in [-0.4, -0.2) is 15.8 Å². The van der Waals surface area contributed by atoms with Gasteiger partial charge in [-0.25, -0.2) is 0 Å². The monoisotopic (exact) mass is 196 g/mol. The molecule has 1 aromatic heterocycles. The average molecular weight is 196 g/mol. The van der Waals surface area contributed by atoms with Gasteiger partial charge in [0.25, 0.3) is 5.43 Å². The second-order valence-corrected chi connectivity index (χ2v) is 2.64. The number of carbonyl (C=O) groups is 1. The van der Waals surface area contributed by atoms with E-state index in [1.165, 1.54) is 10.8 Å². The lowest BCUT2D eigenvalue weighted by molar-refractivity contribution is -0.386. The molecule has 6 heteroatoms. The van der Waals surface area contributed by atoms with E-state index in [9.17, 15) is 19.7 Å². The van der Waals surface area contributed by atoms with E-state index in [-0.39, 0.29) is 6.42 Å². The normalized spacial score (nSPS) is 9.71. The summed E-state index contributed by atoms with van der Waals surface area (Å²) < 4.78 is 1.44. The van der Waals surface area contributed by atoms with Crippen molar-refractivity contribution in [2.24, 2.45) is 0 Å². The van der Waals surface area contributed by atoms with Gasteiger partial charge in [-0.05, 0) is 0 Å². The van der Waals surface area contributed by atoms with E-state index < -0.39 is 16.0 Å². The van der Waals surface area contributed by atoms with Crippen LogP contribution in [0.3, 0.4) is 0 Å². The Kier molecular flexibility index (Phi) is 3.11. The third kappa shape index (κ3) is 2.25. The van der Waals surface area contributed by atoms with Crippen molar-refractivity contribution < 1.29 is 9.72 Å². The molecule has 14 heavy (non-hydrogen) atoms. The fourth-order valence-electron chi connectivity index (χ4n) is 0.991. The first kappa shape index (κ1) is 10.1. The number of nitrogens with zero attached hydrogens (tertiary/aromatic N) is 2. The molecule has 1 rings (SSSR count). The quantitative estimate of drug-likeness (QED) is 0.395. The van der Waals surface area contributed by atoms with Crippen molar-refractivity contribution in [3.05, 3.63) is 38.8 Å². The van der Waals surface area contributed by atoms with E-state index in [0.717, 1.165) is 12.3 Å². The fourth-order valence-corrected chi connectivity index (χ4v) is 0.991. The minimum absolute atomic E-state index is 0.264. The molecule has 1 aromatic rings. The Morgan fingerprint density at radius 2 is 2.29 bits per heavy atom. The lowest BCUT2D eigenvalue weighted by Crippen LogP contribution is -2.11. The summed E-state index contributed by atoms with van der Waals surface area (Å²) in [4.78, 5) is 30.7. The van der Waals surface area contributed by atoms with Crippen molar-refractivity contribution >= 4 is 12.0 Å². The van der Waals surface area contributed by atoms with Crippen LogP contribution in [0.25, 0.3) is 0 Å². The molecular formula is C8H8N2O4. The molecule has 0 amide bonds. The lowest BCUT2D eigenvalue weighted by Gasteiger charge is -2.01. The number of rotatable bonds is 4. The molecule has 0 aliphatic carbocycles. The minimum Gasteiger partial charge on any atom is -0.348 e. The Morgan fingerprint density at radius 1 is 1.57 bits per heavy atom. The topological polar surface area (TPSA) is 82.2 Å². The zero-order valence-corrected chi connectivity index (χ0v) is 7.25. The van der Waals surface area contributed by atoms with Crippen LogP contribution < -0.4 is 5.43 Å². The van der Waals surface area contributed by atoms with Gasteiger partial charge in [0.2, 0.25) is 0 Å². The van der Waals surface area contributed by atoms with Gasteiger partial charge in [-0.15, -0.1) is 0 Å². The molecule has 0 aromatic carbocycles. The third-order valence-electron chi connectivity index (χ3n) is 1.66. The number of pyridine rings is 1. The Morgan fingerprint density at radius 3 is 2.86 bits per heavy atom. The van der Waals surface area contributed by atoms with E-state index in [1.807, 2.05) is 0 Å². The standard InChI is InChI=1S/C8H8N2O4/c11-5-1-3-9-4-2-8(12)7(6-9)10(13)14/h2,4-6H,1,3H2. The summed E-state index contributed by atoms with van der Waals surface area (Å²) in [7, 11) is 0. The van der Waals surface area contributed by atoms with Crippen molar-refractivity contribution in [1.29, 1.82) is 0 Å². The van der Waals surface area contributed by atoms with Crippen LogP contribution in [-0.2, 0) is 11.3 Å². The minimum atomic E-state index is -0.736. The van der Waals surface area contributed by atoms with Gasteiger partial charge in [0.1, 0.15) is 6.29 Å². The second-order valence-electron chi connectivity index (χ2n) is 2.64. The number of aryl methyl sites for hydroxylation is 1. The van der Waals surface area contributed by atoms with Crippen LogP contribution in [0.5, 0.6) is 0 Å². The van der Waals surface area contributed by atoms with Gasteiger partial charge in [-0.1, -0.05) is 0 Å². The van der Waals surface area contributed by atoms with Crippen molar-refractivity contribution in [3.8, 4) is 0 Å². The highest BCUT2D eigenvalue weighted by Gasteiger charge is 2.10. The van der Waals surface area contributed by atoms with Gasteiger partial charge < -0.3 is 9.36 Å². The van der Waals surface area contributed by atoms with Crippen molar-refractivity contribution in [2.45, 2.75) is 13.0 Å². The molecule has 0 fully saturated rings. The van der Waals surface area contributed by atoms with Crippen LogP contribution >= 0.6 is 0 Å². The van der Waals surface area contributed by atoms with Crippen LogP contribution in [0.15, 0.2) is 23.3 Å². The Labute approximate surface area is 78.9 Å². The molecule has 0 aliphatic heterocycles. The predicted octanol–water partition coefficient (Wildman–Crippen LogP) is 0.346. The number of hydrogen-bond donors (Lipinski definition) is 0. The van der Waals surface area contributed by atoms with E-state index in [0.29, 0.717) is 12.8 Å². The molecule has 0 bridgehead atoms. The number of carbonyl (C=O) groups excluding carboxylic acids is 1. The molecule has 0 N–H and O–H groups in total. The van der Waals surface area contributed by atoms with E-state index in [1.54, 1.807) is 0 Å². The highest BCUT2D eigenvalue weighted by atomic mass is 16.6. The van der Waals surface area contributed by atoms with Crippen LogP contribution in [0.1, 0.15) is 6.42 Å². The maximum absolute atomic E-state index is 11.0. The van der Waals surface area contributed by atoms with Crippen LogP contribution in [0.4, 0.5) is 5.69 Å². The first-order valence-corrected chi connectivity index (χ1v) is 3.93. The Hall–Kier alpha value is -1.98. The van der Waals surface area contributed by atoms with E-state index >= 15 is 0 Å². The molecular weight excluding hydrogens is 188 g/mol. The van der Waals surface area contributed by atoms with Gasteiger partial charge >= 0.3 is 5.69 Å². The summed E-state index contributed by atoms with van der Waals surface area (Å²) in [5.74, 6) is 0. The largest absolute Gasteiger partial charge is 0.348 e. The summed E-state index contributed by atoms with van der Waals surface area (Å²) in [5.41, 5.74) is -1.10. The summed E-state index contributed by atoms with van der Waals surface area (Å²) in [6, 6.07) is 1.11. The number of hydrogen-bond acceptors (Lipinski definition) is 4. The molecule has 1 heterocycles. The van der Waals surface area contributed by atoms with Crippen molar-refractivity contribution in [3.63, 3.8) is 0 Å². The van der Waals surface area contributed by atoms with E-state index in [4.69, 9.17) is 0 Å². The molecule has 0 atom stereocenters. The zero-order valence-electron chi connectivity index (χ0n) is 7.25. The van der Waals surface area contributed by atoms with Crippen molar-refractivity contribution in [2.75, 3.05) is 0 Å². The number of aromatic nitrogens is 1. The van der Waals surface area contributed by atoms with Crippen molar-refractivity contribution in [1.82, 2.24) is 4.57 Å². The predicted molar refractivity (Wildman–Crippen MR) is 48.0 cm³/mol. The number of aldehydes is 1. The lowest BCUT2D eigenvalue weighted by atomic mass is 10.4. The average Bonchev–Trinajstić information content (AvgIpc) is 2.16. The molecule has 74 valence electrons. The maximum atomic E-state index is 11.0. The van der Waals surface area contributed by atoms with E-state index in [2.05, 4.69) is 0 Å². The molecule has 0 saturated heterocycles. The smallest absolute Gasteiger partial charge is 0.332 e. The SMILES string of the molecule is O=CCCn1ccc(=O)c([N+](=O)[O-])c1. The van der Waals surface area contributed by atoms with Gasteiger partial charge in [-0.3, -0.25) is 14.9 Å². The summed E-state index contributed by atoms with van der Waals surface area (Å²) >= 11 is 0. The van der Waals surface area contributed by atoms with Gasteiger partial charge in [-0.2, -0.15) is 0 Å². The highest BCUT2D eigenvalue weighted by Crippen LogP contribution is 2.02. The van der Waals surface area contributed by atoms with Crippen LogP contribution in [0.2, 0.25) is 0 Å². The zero-order chi connectivity index (χ0) is 10.6. The Bertz CT molecular complexity index is 410. The molecule has 0 saturated carbocycles.